The van der Waals surface area contributed by atoms with Gasteiger partial charge in [-0.05, 0) is 57.5 Å². The number of fused-ring (bicyclic) bond motifs is 2. The van der Waals surface area contributed by atoms with Crippen LogP contribution in [0, 0.1) is 0 Å². The molecule has 0 radical (unpaired) electrons. The average molecular weight is 593 g/mol. The summed E-state index contributed by atoms with van der Waals surface area (Å²) in [7, 11) is 1.84. The number of hydrogen-bond acceptors (Lipinski definition) is 7. The molecule has 10 nitrogen and oxygen atoms in total. The first-order chi connectivity index (χ1) is 20.4. The van der Waals surface area contributed by atoms with Crippen molar-refractivity contribution in [2.45, 2.75) is 51.1 Å². The van der Waals surface area contributed by atoms with E-state index in [2.05, 4.69) is 20.6 Å². The van der Waals surface area contributed by atoms with Crippen LogP contribution in [-0.2, 0) is 11.8 Å². The molecule has 0 bridgehead atoms. The molecule has 0 spiro atoms. The maximum absolute atomic E-state index is 14.9. The van der Waals surface area contributed by atoms with E-state index in [4.69, 9.17) is 9.72 Å². The average Bonchev–Trinajstić information content (AvgIpc) is 3.70. The van der Waals surface area contributed by atoms with Crippen LogP contribution in [-0.4, -0.2) is 71.3 Å². The molecule has 1 amide bonds. The molecule has 0 saturated carbocycles. The molecule has 4 aromatic heterocycles. The molecule has 5 heterocycles. The number of aromatic nitrogens is 6. The van der Waals surface area contributed by atoms with Crippen LogP contribution >= 0.6 is 0 Å². The quantitative estimate of drug-likeness (QED) is 0.286. The van der Waals surface area contributed by atoms with E-state index >= 15 is 0 Å². The number of alkyl halides is 3. The number of amides is 1. The van der Waals surface area contributed by atoms with E-state index in [0.717, 1.165) is 21.4 Å². The first-order valence-electron chi connectivity index (χ1n) is 13.9. The summed E-state index contributed by atoms with van der Waals surface area (Å²) in [5, 5.41) is 16.6. The normalized spacial score (nSPS) is 16.6. The van der Waals surface area contributed by atoms with Crippen molar-refractivity contribution in [1.82, 2.24) is 39.6 Å². The van der Waals surface area contributed by atoms with Gasteiger partial charge in [-0.15, -0.1) is 10.2 Å². The monoisotopic (exact) mass is 592 g/mol. The molecule has 13 heteroatoms. The Morgan fingerprint density at radius 3 is 2.53 bits per heavy atom. The first kappa shape index (κ1) is 28.6. The number of nitrogens with one attached hydrogen (secondary N) is 1. The molecule has 43 heavy (non-hydrogen) atoms. The Bertz CT molecular complexity index is 1800. The Balaban J connectivity index is 1.43. The lowest BCUT2D eigenvalue weighted by molar-refractivity contribution is -0.188. The molecule has 1 aliphatic heterocycles. The van der Waals surface area contributed by atoms with E-state index in [9.17, 15) is 18.0 Å². The van der Waals surface area contributed by atoms with Crippen LogP contribution in [0.25, 0.3) is 39.2 Å². The number of hydrogen-bond donors (Lipinski definition) is 1. The summed E-state index contributed by atoms with van der Waals surface area (Å²) in [6.07, 6.45) is -0.441. The molecule has 1 fully saturated rings. The molecule has 2 atom stereocenters. The molecular weight excluding hydrogens is 561 g/mol. The summed E-state index contributed by atoms with van der Waals surface area (Å²) in [4.78, 5) is 18.9. The van der Waals surface area contributed by atoms with Crippen LogP contribution in [0.15, 0.2) is 61.1 Å². The third-order valence-electron chi connectivity index (χ3n) is 7.32. The van der Waals surface area contributed by atoms with Gasteiger partial charge in [0, 0.05) is 48.5 Å². The molecular formula is C30H31F3N8O2. The van der Waals surface area contributed by atoms with Gasteiger partial charge in [0.2, 0.25) is 0 Å². The predicted molar refractivity (Wildman–Crippen MR) is 154 cm³/mol. The van der Waals surface area contributed by atoms with Crippen LogP contribution in [0.3, 0.4) is 0 Å². The minimum absolute atomic E-state index is 0.140. The van der Waals surface area contributed by atoms with Gasteiger partial charge in [-0.1, -0.05) is 24.3 Å². The van der Waals surface area contributed by atoms with Gasteiger partial charge in [0.25, 0.3) is 0 Å². The first-order valence-corrected chi connectivity index (χ1v) is 13.9. The summed E-state index contributed by atoms with van der Waals surface area (Å²) in [6.45, 7) is 5.62. The van der Waals surface area contributed by atoms with E-state index in [1.54, 1.807) is 37.7 Å². The summed E-state index contributed by atoms with van der Waals surface area (Å²) >= 11 is 0. The summed E-state index contributed by atoms with van der Waals surface area (Å²) < 4.78 is 53.3. The van der Waals surface area contributed by atoms with Gasteiger partial charge in [-0.25, -0.2) is 9.78 Å². The van der Waals surface area contributed by atoms with Gasteiger partial charge >= 0.3 is 12.3 Å². The summed E-state index contributed by atoms with van der Waals surface area (Å²) in [5.74, 6) is 0.276. The summed E-state index contributed by atoms with van der Waals surface area (Å²) in [6, 6.07) is 9.34. The zero-order chi connectivity index (χ0) is 30.5. The number of nitrogens with zero attached hydrogens (tertiary/aromatic N) is 7. The number of ether oxygens (including phenoxy) is 1. The van der Waals surface area contributed by atoms with Crippen molar-refractivity contribution in [3.8, 4) is 22.6 Å². The molecule has 224 valence electrons. The highest BCUT2D eigenvalue weighted by Crippen LogP contribution is 2.41. The van der Waals surface area contributed by atoms with Crippen LogP contribution in [0.1, 0.15) is 38.8 Å². The maximum atomic E-state index is 14.9. The van der Waals surface area contributed by atoms with Crippen molar-refractivity contribution in [3.05, 3.63) is 66.6 Å². The highest BCUT2D eigenvalue weighted by atomic mass is 19.4. The zero-order valence-electron chi connectivity index (χ0n) is 24.1. The van der Waals surface area contributed by atoms with Crippen molar-refractivity contribution in [1.29, 1.82) is 0 Å². The van der Waals surface area contributed by atoms with Crippen molar-refractivity contribution < 1.29 is 22.7 Å². The Morgan fingerprint density at radius 2 is 1.86 bits per heavy atom. The molecule has 5 aromatic rings. The lowest BCUT2D eigenvalue weighted by Crippen LogP contribution is -2.50. The fraction of sp³-hybridized carbons (Fsp3) is 0.367. The SMILES string of the molecule is Cn1cc(-c2ccc3ccc(-c4nnc5ccc(C(N(C(=O)OC(C)(C)C)[C@H]6CCNC6)C(F)(F)F)cn45)nc3c2)cn1. The molecule has 1 unspecified atom stereocenters. The largest absolute Gasteiger partial charge is 0.444 e. The fourth-order valence-electron chi connectivity index (χ4n) is 5.40. The number of pyridine rings is 2. The Morgan fingerprint density at radius 1 is 1.07 bits per heavy atom. The van der Waals surface area contributed by atoms with E-state index < -0.39 is 30.0 Å². The molecule has 1 aromatic carbocycles. The Kier molecular flexibility index (Phi) is 7.07. The van der Waals surface area contributed by atoms with Gasteiger partial charge in [0.15, 0.2) is 17.5 Å². The predicted octanol–water partition coefficient (Wildman–Crippen LogP) is 5.55. The lowest BCUT2D eigenvalue weighted by atomic mass is 10.0. The smallest absolute Gasteiger partial charge is 0.413 e. The fourth-order valence-corrected chi connectivity index (χ4v) is 5.40. The minimum Gasteiger partial charge on any atom is -0.444 e. The standard InChI is InChI=1S/C30H31F3N8O2/c1-29(2,3)43-28(42)41(22-11-12-34-15-22)26(30(31,32)33)20-8-10-25-37-38-27(40(25)17-20)23-9-7-18-5-6-19(13-24(18)36-23)21-14-35-39(4)16-21/h5-10,13-14,16-17,22,26,34H,11-12,15H2,1-4H3/t22-,26?/m0/s1. The number of halogens is 3. The van der Waals surface area contributed by atoms with Gasteiger partial charge in [-0.2, -0.15) is 18.3 Å². The minimum atomic E-state index is -4.79. The zero-order valence-corrected chi connectivity index (χ0v) is 24.1. The molecule has 1 aliphatic rings. The summed E-state index contributed by atoms with van der Waals surface area (Å²) in [5.41, 5.74) is 2.21. The van der Waals surface area contributed by atoms with Crippen LogP contribution in [0.5, 0.6) is 0 Å². The number of rotatable bonds is 5. The number of carbonyl (C=O) groups is 1. The van der Waals surface area contributed by atoms with Crippen LogP contribution < -0.4 is 5.32 Å². The van der Waals surface area contributed by atoms with Gasteiger partial charge in [0.1, 0.15) is 11.3 Å². The topological polar surface area (TPSA) is 102 Å². The second-order valence-corrected chi connectivity index (χ2v) is 11.7. The van der Waals surface area contributed by atoms with Gasteiger partial charge < -0.3 is 10.1 Å². The van der Waals surface area contributed by atoms with E-state index in [0.29, 0.717) is 29.8 Å². The van der Waals surface area contributed by atoms with Crippen molar-refractivity contribution in [3.63, 3.8) is 0 Å². The van der Waals surface area contributed by atoms with E-state index in [1.807, 2.05) is 37.5 Å². The van der Waals surface area contributed by atoms with E-state index in [-0.39, 0.29) is 17.9 Å². The number of aryl methyl sites for hydroxylation is 1. The number of benzene rings is 1. The number of carbonyl (C=O) groups excluding carboxylic acids is 1. The molecule has 0 aliphatic carbocycles. The van der Waals surface area contributed by atoms with Gasteiger partial charge in [0.05, 0.1) is 11.7 Å². The Labute approximate surface area is 245 Å². The van der Waals surface area contributed by atoms with Crippen molar-refractivity contribution >= 4 is 22.6 Å². The third kappa shape index (κ3) is 5.76. The Hall–Kier alpha value is -4.52. The molecule has 6 rings (SSSR count). The molecule has 1 N–H and O–H groups in total. The second kappa shape index (κ2) is 10.6. The van der Waals surface area contributed by atoms with E-state index in [1.165, 1.54) is 22.7 Å². The maximum Gasteiger partial charge on any atom is 0.413 e. The van der Waals surface area contributed by atoms with Crippen LogP contribution in [0.4, 0.5) is 18.0 Å². The lowest BCUT2D eigenvalue weighted by Gasteiger charge is -2.38. The highest BCUT2D eigenvalue weighted by molar-refractivity contribution is 5.85. The van der Waals surface area contributed by atoms with Crippen molar-refractivity contribution in [2.75, 3.05) is 13.1 Å². The highest BCUT2D eigenvalue weighted by Gasteiger charge is 2.50. The van der Waals surface area contributed by atoms with Crippen LogP contribution in [0.2, 0.25) is 0 Å². The second-order valence-electron chi connectivity index (χ2n) is 11.7. The third-order valence-corrected chi connectivity index (χ3v) is 7.32. The van der Waals surface area contributed by atoms with Gasteiger partial charge in [-0.3, -0.25) is 14.0 Å². The molecule has 1 saturated heterocycles. The van der Waals surface area contributed by atoms with Crippen molar-refractivity contribution in [2.24, 2.45) is 7.05 Å².